The van der Waals surface area contributed by atoms with E-state index in [0.717, 1.165) is 25.7 Å². The van der Waals surface area contributed by atoms with E-state index in [1.165, 1.54) is 38.8 Å². The van der Waals surface area contributed by atoms with Crippen LogP contribution < -0.4 is 5.32 Å². The quantitative estimate of drug-likeness (QED) is 0.0464. The molecule has 0 aliphatic heterocycles. The number of esters is 2. The molecule has 0 saturated heterocycles. The van der Waals surface area contributed by atoms with Crippen molar-refractivity contribution in [2.75, 3.05) is 6.54 Å². The minimum Gasteiger partial charge on any atom is -0.425 e. The number of ether oxygens (including phenoxy) is 3. The van der Waals surface area contributed by atoms with Crippen molar-refractivity contribution in [1.29, 1.82) is 0 Å². The van der Waals surface area contributed by atoms with Crippen molar-refractivity contribution >= 4 is 24.0 Å². The second-order valence-electron chi connectivity index (χ2n) is 9.83. The van der Waals surface area contributed by atoms with Crippen molar-refractivity contribution in [2.24, 2.45) is 0 Å². The van der Waals surface area contributed by atoms with Crippen LogP contribution in [-0.4, -0.2) is 41.8 Å². The van der Waals surface area contributed by atoms with Crippen LogP contribution in [0.4, 0.5) is 4.79 Å². The molecule has 1 N–H and O–H groups in total. The fourth-order valence-electron chi connectivity index (χ4n) is 3.64. The zero-order valence-corrected chi connectivity index (χ0v) is 26.2. The molecular formula is C35H48N2O7. The van der Waals surface area contributed by atoms with Gasteiger partial charge >= 0.3 is 18.1 Å². The van der Waals surface area contributed by atoms with E-state index in [-0.39, 0.29) is 31.7 Å². The summed E-state index contributed by atoms with van der Waals surface area (Å²) in [5.74, 6) is -1.67. The molecule has 0 bridgehead atoms. The molecule has 1 heterocycles. The number of nitrogens with zero attached hydrogens (tertiary/aromatic N) is 1. The highest BCUT2D eigenvalue weighted by molar-refractivity contribution is 5.93. The van der Waals surface area contributed by atoms with Crippen LogP contribution in [0.1, 0.15) is 101 Å². The summed E-state index contributed by atoms with van der Waals surface area (Å²) in [6.07, 6.45) is 31.1. The molecule has 0 aliphatic rings. The fraction of sp³-hybridized carbons (Fsp3) is 0.457. The number of amides is 1. The van der Waals surface area contributed by atoms with Gasteiger partial charge in [-0.25, -0.2) is 4.79 Å². The number of unbranched alkanes of at least 4 members (excludes halogenated alkanes) is 3. The van der Waals surface area contributed by atoms with Crippen LogP contribution in [0.5, 0.6) is 0 Å². The molecule has 0 fully saturated rings. The van der Waals surface area contributed by atoms with Gasteiger partial charge in [-0.2, -0.15) is 0 Å². The summed E-state index contributed by atoms with van der Waals surface area (Å²) < 4.78 is 14.4. The Hall–Kier alpha value is -4.27. The van der Waals surface area contributed by atoms with Crippen LogP contribution in [0.2, 0.25) is 0 Å². The highest BCUT2D eigenvalue weighted by Crippen LogP contribution is 2.05. The molecule has 0 spiro atoms. The van der Waals surface area contributed by atoms with Crippen molar-refractivity contribution in [3.63, 3.8) is 0 Å². The number of hydrogen-bond acceptors (Lipinski definition) is 8. The predicted octanol–water partition coefficient (Wildman–Crippen LogP) is 7.86. The maximum absolute atomic E-state index is 11.9. The number of hydrogen-bond donors (Lipinski definition) is 1. The lowest BCUT2D eigenvalue weighted by Gasteiger charge is -2.13. The predicted molar refractivity (Wildman–Crippen MR) is 171 cm³/mol. The maximum atomic E-state index is 11.9. The molecule has 0 radical (unpaired) electrons. The lowest BCUT2D eigenvalue weighted by Crippen LogP contribution is -2.26. The Balaban J connectivity index is 2.04. The van der Waals surface area contributed by atoms with E-state index in [9.17, 15) is 19.2 Å². The van der Waals surface area contributed by atoms with Crippen LogP contribution >= 0.6 is 0 Å². The minimum atomic E-state index is -1.26. The summed E-state index contributed by atoms with van der Waals surface area (Å²) in [5.41, 5.74) is 0.403. The highest BCUT2D eigenvalue weighted by Gasteiger charge is 2.18. The van der Waals surface area contributed by atoms with Gasteiger partial charge < -0.3 is 19.5 Å². The third-order valence-electron chi connectivity index (χ3n) is 5.94. The van der Waals surface area contributed by atoms with Crippen LogP contribution in [0.15, 0.2) is 85.3 Å². The first-order chi connectivity index (χ1) is 21.4. The zero-order chi connectivity index (χ0) is 32.1. The Morgan fingerprint density at radius 2 is 1.39 bits per heavy atom. The lowest BCUT2D eigenvalue weighted by atomic mass is 10.2. The van der Waals surface area contributed by atoms with Gasteiger partial charge in [0.2, 0.25) is 6.29 Å². The molecule has 0 saturated carbocycles. The Morgan fingerprint density at radius 1 is 0.773 bits per heavy atom. The Kier molecular flexibility index (Phi) is 22.6. The van der Waals surface area contributed by atoms with E-state index < -0.39 is 24.4 Å². The number of nitrogens with one attached hydrogen (secondary N) is 1. The Labute approximate surface area is 262 Å². The van der Waals surface area contributed by atoms with E-state index in [1.54, 1.807) is 18.3 Å². The van der Waals surface area contributed by atoms with Gasteiger partial charge in [-0.15, -0.1) is 0 Å². The normalized spacial score (nSPS) is 12.4. The first-order valence-electron chi connectivity index (χ1n) is 15.5. The second kappa shape index (κ2) is 26.4. The van der Waals surface area contributed by atoms with Crippen molar-refractivity contribution < 1.29 is 33.4 Å². The van der Waals surface area contributed by atoms with Crippen molar-refractivity contribution in [2.45, 2.75) is 97.2 Å². The summed E-state index contributed by atoms with van der Waals surface area (Å²) in [6.45, 7) is 3.79. The molecule has 240 valence electrons. The van der Waals surface area contributed by atoms with Gasteiger partial charge in [0.15, 0.2) is 0 Å². The Morgan fingerprint density at radius 3 is 1.98 bits per heavy atom. The number of allylic oxidation sites excluding steroid dienone is 10. The number of carbonyl (C=O) groups excluding carboxylic acids is 4. The summed E-state index contributed by atoms with van der Waals surface area (Å²) >= 11 is 0. The molecule has 44 heavy (non-hydrogen) atoms. The third-order valence-corrected chi connectivity index (χ3v) is 5.94. The summed E-state index contributed by atoms with van der Waals surface area (Å²) in [4.78, 5) is 51.3. The van der Waals surface area contributed by atoms with E-state index >= 15 is 0 Å². The number of pyridine rings is 1. The van der Waals surface area contributed by atoms with E-state index in [1.807, 2.05) is 12.2 Å². The van der Waals surface area contributed by atoms with Gasteiger partial charge in [-0.05, 0) is 63.5 Å². The van der Waals surface area contributed by atoms with Crippen molar-refractivity contribution in [3.8, 4) is 0 Å². The van der Waals surface area contributed by atoms with E-state index in [4.69, 9.17) is 9.47 Å². The number of aromatic nitrogens is 1. The molecule has 1 rings (SSSR count). The number of rotatable bonds is 22. The van der Waals surface area contributed by atoms with Crippen LogP contribution in [-0.2, 0) is 23.8 Å². The third kappa shape index (κ3) is 22.3. The lowest BCUT2D eigenvalue weighted by molar-refractivity contribution is -0.169. The highest BCUT2D eigenvalue weighted by atomic mass is 16.8. The van der Waals surface area contributed by atoms with Crippen LogP contribution in [0.3, 0.4) is 0 Å². The van der Waals surface area contributed by atoms with Gasteiger partial charge in [0.1, 0.15) is 0 Å². The van der Waals surface area contributed by atoms with Crippen LogP contribution in [0, 0.1) is 0 Å². The Bertz CT molecular complexity index is 1110. The SMILES string of the molecule is CCCCC/C=C/C/C=C\C/C=C\C/C=C\C/C=C\CCC(=O)OC(C)OC(=O)OC(=O)CCCNC(=O)c1cccnc1. The minimum absolute atomic E-state index is 0.107. The smallest absolute Gasteiger partial charge is 0.425 e. The summed E-state index contributed by atoms with van der Waals surface area (Å²) in [5, 5.41) is 2.64. The fourth-order valence-corrected chi connectivity index (χ4v) is 3.64. The topological polar surface area (TPSA) is 121 Å². The largest absolute Gasteiger partial charge is 0.519 e. The average Bonchev–Trinajstić information content (AvgIpc) is 3.00. The maximum Gasteiger partial charge on any atom is 0.519 e. The molecule has 1 atom stereocenters. The van der Waals surface area contributed by atoms with Crippen molar-refractivity contribution in [3.05, 3.63) is 90.9 Å². The van der Waals surface area contributed by atoms with E-state index in [2.05, 4.69) is 70.6 Å². The first-order valence-corrected chi connectivity index (χ1v) is 15.5. The average molecular weight is 609 g/mol. The molecule has 1 aromatic heterocycles. The standard InChI is InChI=1S/C35H48N2O7/c1-3-4-5-6-7-8-9-10-11-12-13-14-15-16-17-18-19-20-21-25-32(38)42-30(2)43-35(41)44-33(39)26-23-28-37-34(40)31-24-22-27-36-29-31/h7-8,10-11,13-14,16-17,19-20,22,24,27,29-30H,3-6,9,12,15,18,21,23,25-26,28H2,1-2H3,(H,37,40)/b8-7+,11-10-,14-13-,17-16-,20-19-. The monoisotopic (exact) mass is 608 g/mol. The summed E-state index contributed by atoms with van der Waals surface area (Å²) in [6, 6.07) is 3.26. The molecule has 0 aromatic carbocycles. The number of carbonyl (C=O) groups is 4. The summed E-state index contributed by atoms with van der Waals surface area (Å²) in [7, 11) is 0. The molecule has 9 nitrogen and oxygen atoms in total. The van der Waals surface area contributed by atoms with Crippen LogP contribution in [0.25, 0.3) is 0 Å². The second-order valence-corrected chi connectivity index (χ2v) is 9.83. The van der Waals surface area contributed by atoms with Gasteiger partial charge in [0.05, 0.1) is 5.56 Å². The molecule has 1 amide bonds. The van der Waals surface area contributed by atoms with Gasteiger partial charge in [-0.3, -0.25) is 19.4 Å². The van der Waals surface area contributed by atoms with Crippen molar-refractivity contribution in [1.82, 2.24) is 10.3 Å². The molecule has 1 unspecified atom stereocenters. The molecule has 9 heteroatoms. The zero-order valence-electron chi connectivity index (χ0n) is 26.2. The molecule has 1 aromatic rings. The van der Waals surface area contributed by atoms with Gasteiger partial charge in [0.25, 0.3) is 5.91 Å². The molecule has 0 aliphatic carbocycles. The van der Waals surface area contributed by atoms with Gasteiger partial charge in [0, 0.05) is 38.7 Å². The van der Waals surface area contributed by atoms with Gasteiger partial charge in [-0.1, -0.05) is 80.5 Å². The molecular weight excluding hydrogens is 560 g/mol. The van der Waals surface area contributed by atoms with E-state index in [0.29, 0.717) is 12.0 Å². The first kappa shape index (κ1) is 37.8.